The highest BCUT2D eigenvalue weighted by Gasteiger charge is 2.30. The molecule has 3 unspecified atom stereocenters. The molecule has 3 aliphatic heterocycles. The van der Waals surface area contributed by atoms with Gasteiger partial charge in [-0.25, -0.2) is 0 Å². The molecule has 0 N–H and O–H groups in total. The van der Waals surface area contributed by atoms with Crippen LogP contribution in [0.2, 0.25) is 0 Å². The Morgan fingerprint density at radius 3 is 1.17 bits per heavy atom. The van der Waals surface area contributed by atoms with Crippen molar-refractivity contribution in [3.05, 3.63) is 0 Å². The van der Waals surface area contributed by atoms with Gasteiger partial charge >= 0.3 is 0 Å². The van der Waals surface area contributed by atoms with Crippen molar-refractivity contribution in [2.45, 2.75) is 98.9 Å². The topological polar surface area (TPSA) is 9.49 Å². The van der Waals surface area contributed by atoms with E-state index >= 15 is 0 Å². The molecule has 0 aromatic heterocycles. The minimum absolute atomic E-state index is 0.763. The Labute approximate surface area is 146 Å². The average Bonchev–Trinajstić information content (AvgIpc) is 3.11. The fourth-order valence-corrected chi connectivity index (χ4v) is 3.45. The predicted molar refractivity (Wildman–Crippen MR) is 103 cm³/mol. The molecule has 0 aromatic rings. The first-order chi connectivity index (χ1) is 10.6. The fraction of sp³-hybridized carbons (Fsp3) is 1.00. The Kier molecular flexibility index (Phi) is 8.54. The third kappa shape index (κ3) is 7.11. The predicted octanol–water partition coefficient (Wildman–Crippen LogP) is 3.93. The summed E-state index contributed by atoms with van der Waals surface area (Å²) in [5.74, 6) is 0.956. The van der Waals surface area contributed by atoms with Gasteiger partial charge in [0, 0.05) is 56.4 Å². The molecular formula is C20H43N3. The van der Waals surface area contributed by atoms with Gasteiger partial charge in [0.15, 0.2) is 0 Å². The normalized spacial score (nSPS) is 31.0. The molecule has 0 radical (unpaired) electrons. The molecule has 3 saturated heterocycles. The Morgan fingerprint density at radius 1 is 0.652 bits per heavy atom. The SMILES string of the molecule is CC(C)N1CC1C.CC(C)N1CCC1C.CC1CN(C(C)C)C1. The van der Waals surface area contributed by atoms with Gasteiger partial charge in [-0.3, -0.25) is 9.80 Å². The molecule has 3 nitrogen and oxygen atoms in total. The monoisotopic (exact) mass is 325 g/mol. The lowest BCUT2D eigenvalue weighted by atomic mass is 10.0. The summed E-state index contributed by atoms with van der Waals surface area (Å²) in [4.78, 5) is 7.46. The molecule has 0 spiro atoms. The third-order valence-electron chi connectivity index (χ3n) is 5.43. The lowest BCUT2D eigenvalue weighted by Crippen LogP contribution is -2.49. The smallest absolute Gasteiger partial charge is 0.0198 e. The second kappa shape index (κ2) is 9.39. The Bertz CT molecular complexity index is 316. The summed E-state index contributed by atoms with van der Waals surface area (Å²) >= 11 is 0. The third-order valence-corrected chi connectivity index (χ3v) is 5.43. The van der Waals surface area contributed by atoms with E-state index in [9.17, 15) is 0 Å². The second-order valence-electron chi connectivity index (χ2n) is 8.76. The van der Waals surface area contributed by atoms with Crippen LogP contribution in [0.1, 0.15) is 68.7 Å². The minimum atomic E-state index is 0.763. The summed E-state index contributed by atoms with van der Waals surface area (Å²) < 4.78 is 0. The maximum atomic E-state index is 2.51. The number of nitrogens with zero attached hydrogens (tertiary/aromatic N) is 3. The van der Waals surface area contributed by atoms with Crippen molar-refractivity contribution in [1.82, 2.24) is 14.7 Å². The lowest BCUT2D eigenvalue weighted by Gasteiger charge is -2.41. The Balaban J connectivity index is 0.000000173. The highest BCUT2D eigenvalue weighted by Crippen LogP contribution is 2.19. The highest BCUT2D eigenvalue weighted by molar-refractivity contribution is 4.86. The van der Waals surface area contributed by atoms with Gasteiger partial charge in [0.1, 0.15) is 0 Å². The molecular weight excluding hydrogens is 282 g/mol. The van der Waals surface area contributed by atoms with Crippen LogP contribution in [-0.4, -0.2) is 71.1 Å². The molecule has 3 rings (SSSR count). The molecule has 0 aromatic carbocycles. The lowest BCUT2D eigenvalue weighted by molar-refractivity contribution is 0.0693. The van der Waals surface area contributed by atoms with Crippen LogP contribution in [0.3, 0.4) is 0 Å². The molecule has 0 saturated carbocycles. The maximum Gasteiger partial charge on any atom is 0.0198 e. The molecule has 138 valence electrons. The summed E-state index contributed by atoms with van der Waals surface area (Å²) in [6.07, 6.45) is 1.40. The van der Waals surface area contributed by atoms with Gasteiger partial charge < -0.3 is 4.90 Å². The molecule has 3 aliphatic rings. The molecule has 0 bridgehead atoms. The zero-order valence-corrected chi connectivity index (χ0v) is 17.3. The van der Waals surface area contributed by atoms with Crippen LogP contribution in [0.25, 0.3) is 0 Å². The van der Waals surface area contributed by atoms with Crippen LogP contribution in [0.15, 0.2) is 0 Å². The van der Waals surface area contributed by atoms with Gasteiger partial charge in [-0.15, -0.1) is 0 Å². The van der Waals surface area contributed by atoms with Crippen molar-refractivity contribution in [2.24, 2.45) is 5.92 Å². The standard InChI is InChI=1S/2C7H15N.C6H13N/c1-6(2)8-4-7(3)5-8;1-6(2)8-5-4-7(8)3;1-5(2)7-4-6(7)3/h2*6-7H,4-5H2,1-3H3;5-6H,4H2,1-3H3. The first-order valence-electron chi connectivity index (χ1n) is 9.89. The van der Waals surface area contributed by atoms with Gasteiger partial charge in [0.25, 0.3) is 0 Å². The van der Waals surface area contributed by atoms with Crippen LogP contribution < -0.4 is 0 Å². The van der Waals surface area contributed by atoms with Crippen LogP contribution in [0, 0.1) is 5.92 Å². The van der Waals surface area contributed by atoms with Crippen LogP contribution in [0.4, 0.5) is 0 Å². The van der Waals surface area contributed by atoms with Gasteiger partial charge in [-0.1, -0.05) is 6.92 Å². The number of likely N-dealkylation sites (tertiary alicyclic amines) is 2. The Morgan fingerprint density at radius 2 is 1.13 bits per heavy atom. The van der Waals surface area contributed by atoms with Crippen molar-refractivity contribution >= 4 is 0 Å². The molecule has 3 heterocycles. The summed E-state index contributed by atoms with van der Waals surface area (Å²) in [6.45, 7) is 25.6. The van der Waals surface area contributed by atoms with E-state index in [-0.39, 0.29) is 0 Å². The molecule has 23 heavy (non-hydrogen) atoms. The minimum Gasteiger partial charge on any atom is -0.300 e. The van der Waals surface area contributed by atoms with E-state index in [1.807, 2.05) is 0 Å². The Hall–Kier alpha value is -0.120. The summed E-state index contributed by atoms with van der Waals surface area (Å²) in [5.41, 5.74) is 0. The first kappa shape index (κ1) is 20.9. The number of hydrogen-bond donors (Lipinski definition) is 0. The zero-order valence-electron chi connectivity index (χ0n) is 17.3. The molecule has 3 fully saturated rings. The van der Waals surface area contributed by atoms with E-state index in [1.54, 1.807) is 0 Å². The molecule has 0 amide bonds. The van der Waals surface area contributed by atoms with Crippen LogP contribution in [-0.2, 0) is 0 Å². The van der Waals surface area contributed by atoms with E-state index in [1.165, 1.54) is 32.6 Å². The van der Waals surface area contributed by atoms with Gasteiger partial charge in [-0.2, -0.15) is 0 Å². The first-order valence-corrected chi connectivity index (χ1v) is 9.89. The van der Waals surface area contributed by atoms with E-state index < -0.39 is 0 Å². The van der Waals surface area contributed by atoms with Gasteiger partial charge in [0.05, 0.1) is 0 Å². The quantitative estimate of drug-likeness (QED) is 0.728. The average molecular weight is 326 g/mol. The van der Waals surface area contributed by atoms with E-state index in [4.69, 9.17) is 0 Å². The maximum absolute atomic E-state index is 2.51. The number of hydrogen-bond acceptors (Lipinski definition) is 3. The number of rotatable bonds is 3. The second-order valence-corrected chi connectivity index (χ2v) is 8.76. The van der Waals surface area contributed by atoms with Crippen LogP contribution in [0.5, 0.6) is 0 Å². The summed E-state index contributed by atoms with van der Waals surface area (Å²) in [7, 11) is 0. The van der Waals surface area contributed by atoms with Gasteiger partial charge in [-0.05, 0) is 67.7 Å². The summed E-state index contributed by atoms with van der Waals surface area (Å²) in [6, 6.07) is 4.04. The molecule has 0 aliphatic carbocycles. The zero-order chi connectivity index (χ0) is 17.7. The highest BCUT2D eigenvalue weighted by atomic mass is 15.3. The van der Waals surface area contributed by atoms with E-state index in [0.29, 0.717) is 0 Å². The largest absolute Gasteiger partial charge is 0.300 e. The van der Waals surface area contributed by atoms with E-state index in [0.717, 1.165) is 36.1 Å². The molecule has 3 heteroatoms. The summed E-state index contributed by atoms with van der Waals surface area (Å²) in [5, 5.41) is 0. The van der Waals surface area contributed by atoms with Gasteiger partial charge in [0.2, 0.25) is 0 Å². The van der Waals surface area contributed by atoms with Crippen molar-refractivity contribution in [2.75, 3.05) is 26.2 Å². The fourth-order valence-electron chi connectivity index (χ4n) is 3.45. The molecule has 3 atom stereocenters. The van der Waals surface area contributed by atoms with Crippen molar-refractivity contribution in [3.63, 3.8) is 0 Å². The van der Waals surface area contributed by atoms with E-state index in [2.05, 4.69) is 77.0 Å². The van der Waals surface area contributed by atoms with Crippen molar-refractivity contribution in [1.29, 1.82) is 0 Å². The van der Waals surface area contributed by atoms with Crippen LogP contribution >= 0.6 is 0 Å². The van der Waals surface area contributed by atoms with Crippen molar-refractivity contribution in [3.8, 4) is 0 Å². The van der Waals surface area contributed by atoms with Crippen molar-refractivity contribution < 1.29 is 0 Å².